The Balaban J connectivity index is 2.35. The molecule has 3 N–H and O–H groups in total. The number of rotatable bonds is 6. The van der Waals surface area contributed by atoms with E-state index in [1.54, 1.807) is 7.05 Å². The van der Waals surface area contributed by atoms with Crippen LogP contribution in [0.4, 0.5) is 0 Å². The average Bonchev–Trinajstić information content (AvgIpc) is 2.36. The molecule has 0 aliphatic heterocycles. The molecular formula is C13H24N2O4. The molecule has 0 aromatic rings. The standard InChI is InChI=1S/C13H24N2O4/c1-14-11(16)5-8-15(2)9-13(19)6-3-10(4-7-13)12(17)18/h10,19H,3-9H2,1-2H3,(H,14,16)(H,17,18). The Morgan fingerprint density at radius 3 is 2.42 bits per heavy atom. The van der Waals surface area contributed by atoms with Crippen molar-refractivity contribution in [1.82, 2.24) is 10.2 Å². The van der Waals surface area contributed by atoms with Crippen LogP contribution in [0.2, 0.25) is 0 Å². The maximum atomic E-state index is 11.1. The Morgan fingerprint density at radius 1 is 1.37 bits per heavy atom. The molecule has 0 saturated heterocycles. The summed E-state index contributed by atoms with van der Waals surface area (Å²) in [5, 5.41) is 21.9. The molecule has 0 aromatic heterocycles. The highest BCUT2D eigenvalue weighted by Gasteiger charge is 2.36. The van der Waals surface area contributed by atoms with E-state index in [4.69, 9.17) is 5.11 Å². The van der Waals surface area contributed by atoms with Gasteiger partial charge in [0.1, 0.15) is 0 Å². The highest BCUT2D eigenvalue weighted by atomic mass is 16.4. The maximum absolute atomic E-state index is 11.1. The van der Waals surface area contributed by atoms with Crippen molar-refractivity contribution in [2.24, 2.45) is 5.92 Å². The number of carboxylic acid groups (broad SMARTS) is 1. The molecule has 1 rings (SSSR count). The van der Waals surface area contributed by atoms with Gasteiger partial charge < -0.3 is 20.4 Å². The van der Waals surface area contributed by atoms with Gasteiger partial charge in [-0.2, -0.15) is 0 Å². The fraction of sp³-hybridized carbons (Fsp3) is 0.846. The molecule has 1 amide bonds. The number of aliphatic hydroxyl groups is 1. The highest BCUT2D eigenvalue weighted by Crippen LogP contribution is 2.32. The van der Waals surface area contributed by atoms with Gasteiger partial charge in [0, 0.05) is 26.6 Å². The van der Waals surface area contributed by atoms with E-state index in [1.165, 1.54) is 0 Å². The zero-order valence-electron chi connectivity index (χ0n) is 11.7. The lowest BCUT2D eigenvalue weighted by molar-refractivity contribution is -0.145. The monoisotopic (exact) mass is 272 g/mol. The zero-order valence-corrected chi connectivity index (χ0v) is 11.7. The molecule has 6 heteroatoms. The molecule has 0 unspecified atom stereocenters. The molecule has 0 heterocycles. The van der Waals surface area contributed by atoms with Crippen molar-refractivity contribution < 1.29 is 19.8 Å². The van der Waals surface area contributed by atoms with Crippen LogP contribution in [0.1, 0.15) is 32.1 Å². The summed E-state index contributed by atoms with van der Waals surface area (Å²) < 4.78 is 0. The summed E-state index contributed by atoms with van der Waals surface area (Å²) in [4.78, 5) is 23.9. The van der Waals surface area contributed by atoms with E-state index in [1.807, 2.05) is 11.9 Å². The lowest BCUT2D eigenvalue weighted by Crippen LogP contribution is -2.45. The van der Waals surface area contributed by atoms with E-state index in [9.17, 15) is 14.7 Å². The minimum Gasteiger partial charge on any atom is -0.481 e. The second kappa shape index (κ2) is 6.86. The minimum absolute atomic E-state index is 0.0200. The molecule has 0 radical (unpaired) electrons. The van der Waals surface area contributed by atoms with Gasteiger partial charge in [0.25, 0.3) is 0 Å². The fourth-order valence-electron chi connectivity index (χ4n) is 2.56. The maximum Gasteiger partial charge on any atom is 0.306 e. The van der Waals surface area contributed by atoms with E-state index in [0.29, 0.717) is 45.2 Å². The summed E-state index contributed by atoms with van der Waals surface area (Å²) in [7, 11) is 3.47. The Kier molecular flexibility index (Phi) is 5.75. The van der Waals surface area contributed by atoms with Gasteiger partial charge in [-0.05, 0) is 32.7 Å². The largest absolute Gasteiger partial charge is 0.481 e. The molecular weight excluding hydrogens is 248 g/mol. The SMILES string of the molecule is CNC(=O)CCN(C)CC1(O)CCC(C(=O)O)CC1. The van der Waals surface area contributed by atoms with Crippen molar-refractivity contribution in [2.75, 3.05) is 27.2 Å². The van der Waals surface area contributed by atoms with Gasteiger partial charge in [-0.25, -0.2) is 0 Å². The Labute approximate surface area is 113 Å². The average molecular weight is 272 g/mol. The number of hydrogen-bond donors (Lipinski definition) is 3. The summed E-state index contributed by atoms with van der Waals surface area (Å²) in [6.45, 7) is 1.07. The Bertz CT molecular complexity index is 325. The van der Waals surface area contributed by atoms with E-state index in [2.05, 4.69) is 5.32 Å². The molecule has 19 heavy (non-hydrogen) atoms. The van der Waals surface area contributed by atoms with Crippen molar-refractivity contribution >= 4 is 11.9 Å². The number of nitrogens with one attached hydrogen (secondary N) is 1. The lowest BCUT2D eigenvalue weighted by atomic mass is 9.78. The van der Waals surface area contributed by atoms with Crippen LogP contribution in [0.15, 0.2) is 0 Å². The van der Waals surface area contributed by atoms with Crippen molar-refractivity contribution in [3.8, 4) is 0 Å². The smallest absolute Gasteiger partial charge is 0.306 e. The summed E-state index contributed by atoms with van der Waals surface area (Å²) in [5.74, 6) is -1.11. The van der Waals surface area contributed by atoms with Crippen LogP contribution < -0.4 is 5.32 Å². The highest BCUT2D eigenvalue weighted by molar-refractivity contribution is 5.75. The zero-order chi connectivity index (χ0) is 14.5. The molecule has 6 nitrogen and oxygen atoms in total. The van der Waals surface area contributed by atoms with Gasteiger partial charge in [-0.15, -0.1) is 0 Å². The first-order chi connectivity index (χ1) is 8.86. The normalized spacial score (nSPS) is 27.3. The summed E-state index contributed by atoms with van der Waals surface area (Å²) in [5.41, 5.74) is -0.816. The number of hydrogen-bond acceptors (Lipinski definition) is 4. The van der Waals surface area contributed by atoms with Gasteiger partial charge in [-0.1, -0.05) is 0 Å². The number of amides is 1. The number of nitrogens with zero attached hydrogens (tertiary/aromatic N) is 1. The summed E-state index contributed by atoms with van der Waals surface area (Å²) >= 11 is 0. The second-order valence-electron chi connectivity index (χ2n) is 5.50. The topological polar surface area (TPSA) is 89.9 Å². The van der Waals surface area contributed by atoms with E-state index >= 15 is 0 Å². The van der Waals surface area contributed by atoms with Crippen LogP contribution in [0.5, 0.6) is 0 Å². The number of carbonyl (C=O) groups is 2. The molecule has 1 saturated carbocycles. The molecule has 1 aliphatic carbocycles. The van der Waals surface area contributed by atoms with E-state index in [-0.39, 0.29) is 11.8 Å². The first-order valence-corrected chi connectivity index (χ1v) is 6.70. The molecule has 0 aromatic carbocycles. The molecule has 1 fully saturated rings. The van der Waals surface area contributed by atoms with Gasteiger partial charge in [0.05, 0.1) is 11.5 Å². The third kappa shape index (κ3) is 5.16. The molecule has 0 spiro atoms. The first kappa shape index (κ1) is 15.9. The third-order valence-corrected chi connectivity index (χ3v) is 3.83. The molecule has 0 bridgehead atoms. The molecule has 1 aliphatic rings. The number of carboxylic acids is 1. The third-order valence-electron chi connectivity index (χ3n) is 3.83. The molecule has 0 atom stereocenters. The van der Waals surface area contributed by atoms with Crippen molar-refractivity contribution in [3.05, 3.63) is 0 Å². The fourth-order valence-corrected chi connectivity index (χ4v) is 2.56. The van der Waals surface area contributed by atoms with Crippen molar-refractivity contribution in [3.63, 3.8) is 0 Å². The van der Waals surface area contributed by atoms with Crippen molar-refractivity contribution in [1.29, 1.82) is 0 Å². The number of aliphatic carboxylic acids is 1. The predicted octanol–water partition coefficient (Wildman–Crippen LogP) is 0.0602. The summed E-state index contributed by atoms with van der Waals surface area (Å²) in [6, 6.07) is 0. The van der Waals surface area contributed by atoms with Gasteiger partial charge in [0.2, 0.25) is 5.91 Å². The number of carbonyl (C=O) groups excluding carboxylic acids is 1. The van der Waals surface area contributed by atoms with Crippen LogP contribution in [0, 0.1) is 5.92 Å². The van der Waals surface area contributed by atoms with Crippen LogP contribution in [0.25, 0.3) is 0 Å². The van der Waals surface area contributed by atoms with E-state index < -0.39 is 11.6 Å². The van der Waals surface area contributed by atoms with Crippen LogP contribution in [0.3, 0.4) is 0 Å². The van der Waals surface area contributed by atoms with Gasteiger partial charge in [0.15, 0.2) is 0 Å². The quantitative estimate of drug-likeness (QED) is 0.636. The summed E-state index contributed by atoms with van der Waals surface area (Å²) in [6.07, 6.45) is 2.47. The van der Waals surface area contributed by atoms with Crippen LogP contribution in [-0.4, -0.2) is 59.8 Å². The van der Waals surface area contributed by atoms with E-state index in [0.717, 1.165) is 0 Å². The molecule has 110 valence electrons. The Morgan fingerprint density at radius 2 is 1.95 bits per heavy atom. The van der Waals surface area contributed by atoms with Gasteiger partial charge >= 0.3 is 5.97 Å². The predicted molar refractivity (Wildman–Crippen MR) is 70.7 cm³/mol. The van der Waals surface area contributed by atoms with Gasteiger partial charge in [-0.3, -0.25) is 9.59 Å². The Hall–Kier alpha value is -1.14. The van der Waals surface area contributed by atoms with Crippen LogP contribution in [-0.2, 0) is 9.59 Å². The van der Waals surface area contributed by atoms with Crippen molar-refractivity contribution in [2.45, 2.75) is 37.7 Å². The van der Waals surface area contributed by atoms with Crippen LogP contribution >= 0.6 is 0 Å². The second-order valence-corrected chi connectivity index (χ2v) is 5.50. The lowest BCUT2D eigenvalue weighted by Gasteiger charge is -2.37. The minimum atomic E-state index is -0.816. The first-order valence-electron chi connectivity index (χ1n) is 6.70. The number of likely N-dealkylation sites (N-methyl/N-ethyl adjacent to an activating group) is 1.